The van der Waals surface area contributed by atoms with Crippen LogP contribution in [-0.2, 0) is 16.0 Å². The lowest BCUT2D eigenvalue weighted by atomic mass is 10.1. The zero-order valence-electron chi connectivity index (χ0n) is 15.1. The highest BCUT2D eigenvalue weighted by Gasteiger charge is 2.22. The van der Waals surface area contributed by atoms with E-state index in [0.29, 0.717) is 0 Å². The van der Waals surface area contributed by atoms with Crippen molar-refractivity contribution in [1.29, 1.82) is 0 Å². The van der Waals surface area contributed by atoms with Gasteiger partial charge >= 0.3 is 0 Å². The van der Waals surface area contributed by atoms with Crippen molar-refractivity contribution in [3.05, 3.63) is 29.8 Å². The van der Waals surface area contributed by atoms with Gasteiger partial charge in [-0.05, 0) is 58.9 Å². The molecule has 0 aromatic heterocycles. The van der Waals surface area contributed by atoms with Crippen molar-refractivity contribution < 1.29 is 9.59 Å². The Balaban J connectivity index is 2.55. The number of hydrogen-bond acceptors (Lipinski definition) is 3. The molecular formula is C18H29N3O2. The van der Waals surface area contributed by atoms with Crippen LogP contribution in [0.15, 0.2) is 24.3 Å². The van der Waals surface area contributed by atoms with Gasteiger partial charge in [0.25, 0.3) is 0 Å². The maximum Gasteiger partial charge on any atom is 0.241 e. The Morgan fingerprint density at radius 3 is 2.22 bits per heavy atom. The van der Waals surface area contributed by atoms with Gasteiger partial charge in [0.2, 0.25) is 11.8 Å². The first kappa shape index (κ1) is 19.2. The molecule has 2 N–H and O–H groups in total. The van der Waals surface area contributed by atoms with Gasteiger partial charge in [-0.15, -0.1) is 0 Å². The van der Waals surface area contributed by atoms with Crippen LogP contribution in [0.4, 0.5) is 5.69 Å². The zero-order valence-corrected chi connectivity index (χ0v) is 15.1. The second-order valence-electron chi connectivity index (χ2n) is 6.93. The molecule has 0 heterocycles. The summed E-state index contributed by atoms with van der Waals surface area (Å²) in [6.07, 6.45) is 0.969. The lowest BCUT2D eigenvalue weighted by Crippen LogP contribution is -2.49. The van der Waals surface area contributed by atoms with E-state index >= 15 is 0 Å². The number of carbonyl (C=O) groups is 2. The monoisotopic (exact) mass is 319 g/mol. The quantitative estimate of drug-likeness (QED) is 0.846. The average molecular weight is 319 g/mol. The fourth-order valence-electron chi connectivity index (χ4n) is 2.09. The number of likely N-dealkylation sites (N-methyl/N-ethyl adjacent to an activating group) is 1. The molecule has 0 saturated carbocycles. The van der Waals surface area contributed by atoms with Crippen molar-refractivity contribution in [3.8, 4) is 0 Å². The Kier molecular flexibility index (Phi) is 6.76. The predicted octanol–water partition coefficient (Wildman–Crippen LogP) is 2.42. The minimum atomic E-state index is -0.397. The lowest BCUT2D eigenvalue weighted by molar-refractivity contribution is -0.125. The van der Waals surface area contributed by atoms with E-state index in [1.54, 1.807) is 18.9 Å². The molecule has 2 amide bonds. The van der Waals surface area contributed by atoms with Gasteiger partial charge in [-0.2, -0.15) is 0 Å². The summed E-state index contributed by atoms with van der Waals surface area (Å²) in [5.41, 5.74) is 1.73. The number of amides is 2. The van der Waals surface area contributed by atoms with Crippen LogP contribution in [0.3, 0.4) is 0 Å². The zero-order chi connectivity index (χ0) is 17.6. The first-order valence-electron chi connectivity index (χ1n) is 8.03. The van der Waals surface area contributed by atoms with Crippen LogP contribution in [0.2, 0.25) is 0 Å². The molecule has 0 aliphatic heterocycles. The largest absolute Gasteiger partial charge is 0.350 e. The molecular weight excluding hydrogens is 290 g/mol. The average Bonchev–Trinajstić information content (AvgIpc) is 2.45. The van der Waals surface area contributed by atoms with Gasteiger partial charge < -0.3 is 10.6 Å². The van der Waals surface area contributed by atoms with Gasteiger partial charge in [0.15, 0.2) is 0 Å². The molecule has 0 aliphatic rings. The van der Waals surface area contributed by atoms with Gasteiger partial charge in [-0.3, -0.25) is 14.5 Å². The van der Waals surface area contributed by atoms with Gasteiger partial charge in [-0.25, -0.2) is 0 Å². The Labute approximate surface area is 139 Å². The fraction of sp³-hybridized carbons (Fsp3) is 0.556. The van der Waals surface area contributed by atoms with Crippen LogP contribution in [0.1, 0.15) is 40.2 Å². The van der Waals surface area contributed by atoms with Crippen molar-refractivity contribution in [2.45, 2.75) is 52.6 Å². The van der Waals surface area contributed by atoms with E-state index < -0.39 is 6.04 Å². The lowest BCUT2D eigenvalue weighted by Gasteiger charge is -2.26. The van der Waals surface area contributed by atoms with Crippen LogP contribution >= 0.6 is 0 Å². The smallest absolute Gasteiger partial charge is 0.241 e. The molecule has 1 atom stereocenters. The SMILES string of the molecule is CCc1ccc(NC(=O)C(C)N(C)CC(=O)NC(C)(C)C)cc1. The minimum Gasteiger partial charge on any atom is -0.350 e. The van der Waals surface area contributed by atoms with Gasteiger partial charge in [-0.1, -0.05) is 19.1 Å². The molecule has 1 aromatic carbocycles. The number of rotatable bonds is 6. The highest BCUT2D eigenvalue weighted by molar-refractivity contribution is 5.94. The molecule has 1 unspecified atom stereocenters. The first-order valence-corrected chi connectivity index (χ1v) is 8.03. The predicted molar refractivity (Wildman–Crippen MR) is 94.4 cm³/mol. The van der Waals surface area contributed by atoms with Gasteiger partial charge in [0, 0.05) is 11.2 Å². The maximum absolute atomic E-state index is 12.3. The normalized spacial score (nSPS) is 12.8. The van der Waals surface area contributed by atoms with Gasteiger partial charge in [0.05, 0.1) is 12.6 Å². The van der Waals surface area contributed by atoms with Crippen LogP contribution in [-0.4, -0.2) is 41.9 Å². The molecule has 0 aliphatic carbocycles. The standard InChI is InChI=1S/C18H29N3O2/c1-7-14-8-10-15(11-9-14)19-17(23)13(2)21(6)12-16(22)20-18(3,4)5/h8-11,13H,7,12H2,1-6H3,(H,19,23)(H,20,22). The number of hydrogen-bond donors (Lipinski definition) is 2. The van der Waals surface area contributed by atoms with Crippen LogP contribution in [0.5, 0.6) is 0 Å². The summed E-state index contributed by atoms with van der Waals surface area (Å²) in [5, 5.41) is 5.78. The number of nitrogens with one attached hydrogen (secondary N) is 2. The topological polar surface area (TPSA) is 61.4 Å². The van der Waals surface area contributed by atoms with E-state index in [4.69, 9.17) is 0 Å². The molecule has 0 saturated heterocycles. The van der Waals surface area contributed by atoms with Crippen molar-refractivity contribution in [1.82, 2.24) is 10.2 Å². The Bertz CT molecular complexity index is 532. The summed E-state index contributed by atoms with van der Waals surface area (Å²) in [7, 11) is 1.77. The van der Waals surface area contributed by atoms with E-state index in [1.165, 1.54) is 5.56 Å². The molecule has 0 bridgehead atoms. The van der Waals surface area contributed by atoms with E-state index in [2.05, 4.69) is 17.6 Å². The molecule has 0 spiro atoms. The summed E-state index contributed by atoms with van der Waals surface area (Å²) >= 11 is 0. The summed E-state index contributed by atoms with van der Waals surface area (Å²) in [6.45, 7) is 9.86. The Morgan fingerprint density at radius 2 is 1.74 bits per heavy atom. The molecule has 128 valence electrons. The molecule has 23 heavy (non-hydrogen) atoms. The Morgan fingerprint density at radius 1 is 1.17 bits per heavy atom. The third-order valence-electron chi connectivity index (χ3n) is 3.58. The minimum absolute atomic E-state index is 0.0908. The molecule has 5 heteroatoms. The first-order chi connectivity index (χ1) is 10.6. The molecule has 0 radical (unpaired) electrons. The number of aryl methyl sites for hydroxylation is 1. The number of anilines is 1. The number of nitrogens with zero attached hydrogens (tertiary/aromatic N) is 1. The fourth-order valence-corrected chi connectivity index (χ4v) is 2.09. The molecule has 5 nitrogen and oxygen atoms in total. The maximum atomic E-state index is 12.3. The second-order valence-corrected chi connectivity index (χ2v) is 6.93. The highest BCUT2D eigenvalue weighted by Crippen LogP contribution is 2.11. The second kappa shape index (κ2) is 8.11. The van der Waals surface area contributed by atoms with Crippen LogP contribution in [0, 0.1) is 0 Å². The highest BCUT2D eigenvalue weighted by atomic mass is 16.2. The van der Waals surface area contributed by atoms with Crippen molar-refractivity contribution in [2.75, 3.05) is 18.9 Å². The summed E-state index contributed by atoms with van der Waals surface area (Å²) in [6, 6.07) is 7.40. The van der Waals surface area contributed by atoms with E-state index in [1.807, 2.05) is 45.0 Å². The van der Waals surface area contributed by atoms with Crippen LogP contribution in [0.25, 0.3) is 0 Å². The summed E-state index contributed by atoms with van der Waals surface area (Å²) in [5.74, 6) is -0.216. The number of benzene rings is 1. The van der Waals surface area contributed by atoms with Crippen molar-refractivity contribution in [3.63, 3.8) is 0 Å². The third-order valence-corrected chi connectivity index (χ3v) is 3.58. The third kappa shape index (κ3) is 6.82. The van der Waals surface area contributed by atoms with Gasteiger partial charge in [0.1, 0.15) is 0 Å². The number of carbonyl (C=O) groups excluding carboxylic acids is 2. The van der Waals surface area contributed by atoms with E-state index in [0.717, 1.165) is 12.1 Å². The van der Waals surface area contributed by atoms with Crippen molar-refractivity contribution in [2.24, 2.45) is 0 Å². The summed E-state index contributed by atoms with van der Waals surface area (Å²) < 4.78 is 0. The van der Waals surface area contributed by atoms with Crippen molar-refractivity contribution >= 4 is 17.5 Å². The van der Waals surface area contributed by atoms with E-state index in [-0.39, 0.29) is 23.9 Å². The summed E-state index contributed by atoms with van der Waals surface area (Å²) in [4.78, 5) is 26.0. The van der Waals surface area contributed by atoms with Crippen LogP contribution < -0.4 is 10.6 Å². The van der Waals surface area contributed by atoms with E-state index in [9.17, 15) is 9.59 Å². The molecule has 1 rings (SSSR count). The molecule has 1 aromatic rings. The Hall–Kier alpha value is -1.88. The molecule has 0 fully saturated rings.